The quantitative estimate of drug-likeness (QED) is 0.939. The van der Waals surface area contributed by atoms with E-state index in [1.807, 2.05) is 6.92 Å². The van der Waals surface area contributed by atoms with Crippen LogP contribution in [0.2, 0.25) is 0 Å². The summed E-state index contributed by atoms with van der Waals surface area (Å²) in [5, 5.41) is 11.4. The molecule has 21 heavy (non-hydrogen) atoms. The lowest BCUT2D eigenvalue weighted by molar-refractivity contribution is -0.142. The smallest absolute Gasteiger partial charge is 0.308 e. The minimum atomic E-state index is -0.854. The van der Waals surface area contributed by atoms with Gasteiger partial charge in [0.05, 0.1) is 12.2 Å². The highest BCUT2D eigenvalue weighted by molar-refractivity contribution is 7.13. The Kier molecular flexibility index (Phi) is 3.50. The number of thiazole rings is 1. The first-order chi connectivity index (χ1) is 10.1. The number of hydrogen-bond acceptors (Lipinski definition) is 5. The van der Waals surface area contributed by atoms with Gasteiger partial charge in [-0.3, -0.25) is 9.59 Å². The Morgan fingerprint density at radius 3 is 2.90 bits per heavy atom. The highest BCUT2D eigenvalue weighted by atomic mass is 32.1. The zero-order valence-electron chi connectivity index (χ0n) is 11.4. The summed E-state index contributed by atoms with van der Waals surface area (Å²) in [6.45, 7) is 2.54. The average molecular weight is 306 g/mol. The molecule has 2 atom stereocenters. The van der Waals surface area contributed by atoms with Crippen molar-refractivity contribution in [1.82, 2.24) is 9.88 Å². The van der Waals surface area contributed by atoms with Crippen molar-refractivity contribution in [1.29, 1.82) is 0 Å². The van der Waals surface area contributed by atoms with E-state index in [4.69, 9.17) is 9.52 Å². The first-order valence-corrected chi connectivity index (χ1v) is 7.45. The molecule has 0 aromatic carbocycles. The number of furan rings is 1. The number of rotatable bonds is 3. The molecule has 0 bridgehead atoms. The summed E-state index contributed by atoms with van der Waals surface area (Å²) in [4.78, 5) is 29.3. The first-order valence-electron chi connectivity index (χ1n) is 6.57. The van der Waals surface area contributed by atoms with E-state index in [1.54, 1.807) is 28.7 Å². The van der Waals surface area contributed by atoms with Gasteiger partial charge in [-0.05, 0) is 18.1 Å². The monoisotopic (exact) mass is 306 g/mol. The molecule has 1 saturated heterocycles. The number of nitrogens with zero attached hydrogens (tertiary/aromatic N) is 2. The van der Waals surface area contributed by atoms with Gasteiger partial charge < -0.3 is 14.4 Å². The molecule has 110 valence electrons. The topological polar surface area (TPSA) is 83.6 Å². The van der Waals surface area contributed by atoms with Crippen molar-refractivity contribution in [3.63, 3.8) is 0 Å². The van der Waals surface area contributed by atoms with Crippen LogP contribution in [0.3, 0.4) is 0 Å². The predicted octanol–water partition coefficient (Wildman–Crippen LogP) is 2.20. The summed E-state index contributed by atoms with van der Waals surface area (Å²) in [7, 11) is 0. The van der Waals surface area contributed by atoms with Crippen molar-refractivity contribution in [3.8, 4) is 10.8 Å². The van der Waals surface area contributed by atoms with Crippen LogP contribution in [0.5, 0.6) is 0 Å². The molecule has 0 radical (unpaired) electrons. The van der Waals surface area contributed by atoms with Crippen LogP contribution in [0.1, 0.15) is 17.4 Å². The Hall–Kier alpha value is -2.15. The molecular formula is C14H14N2O4S. The second kappa shape index (κ2) is 5.33. The Morgan fingerprint density at radius 2 is 2.29 bits per heavy atom. The fourth-order valence-electron chi connectivity index (χ4n) is 2.50. The van der Waals surface area contributed by atoms with Gasteiger partial charge >= 0.3 is 5.97 Å². The molecule has 1 N–H and O–H groups in total. The van der Waals surface area contributed by atoms with Gasteiger partial charge in [0.15, 0.2) is 10.8 Å². The number of carbonyl (C=O) groups excluding carboxylic acids is 1. The molecule has 2 unspecified atom stereocenters. The van der Waals surface area contributed by atoms with Crippen molar-refractivity contribution in [2.75, 3.05) is 13.1 Å². The lowest BCUT2D eigenvalue weighted by Gasteiger charge is -2.13. The predicted molar refractivity (Wildman–Crippen MR) is 76.0 cm³/mol. The van der Waals surface area contributed by atoms with Crippen molar-refractivity contribution >= 4 is 23.2 Å². The van der Waals surface area contributed by atoms with E-state index >= 15 is 0 Å². The number of aliphatic carboxylic acids is 1. The van der Waals surface area contributed by atoms with Crippen LogP contribution >= 0.6 is 11.3 Å². The van der Waals surface area contributed by atoms with E-state index in [0.717, 1.165) is 0 Å². The van der Waals surface area contributed by atoms with Crippen LogP contribution in [0.15, 0.2) is 28.2 Å². The standard InChI is InChI=1S/C14H14N2O4S/c1-8-5-16(6-9(8)14(18)19)13(17)10-7-21-12(15-10)11-3-2-4-20-11/h2-4,7-9H,5-6H2,1H3,(H,18,19). The van der Waals surface area contributed by atoms with Crippen molar-refractivity contribution in [2.24, 2.45) is 11.8 Å². The third-order valence-electron chi connectivity index (χ3n) is 3.67. The van der Waals surface area contributed by atoms with E-state index in [0.29, 0.717) is 23.0 Å². The molecular weight excluding hydrogens is 292 g/mol. The Labute approximate surface area is 125 Å². The van der Waals surface area contributed by atoms with Crippen LogP contribution in [-0.2, 0) is 4.79 Å². The van der Waals surface area contributed by atoms with Gasteiger partial charge in [-0.2, -0.15) is 0 Å². The third-order valence-corrected chi connectivity index (χ3v) is 4.53. The summed E-state index contributed by atoms with van der Waals surface area (Å²) in [6.07, 6.45) is 1.55. The highest BCUT2D eigenvalue weighted by Crippen LogP contribution is 2.27. The highest BCUT2D eigenvalue weighted by Gasteiger charge is 2.37. The molecule has 0 saturated carbocycles. The molecule has 3 rings (SSSR count). The maximum Gasteiger partial charge on any atom is 0.308 e. The van der Waals surface area contributed by atoms with E-state index in [9.17, 15) is 9.59 Å². The SMILES string of the molecule is CC1CN(C(=O)c2csc(-c3ccco3)n2)CC1C(=O)O. The zero-order valence-corrected chi connectivity index (χ0v) is 12.2. The number of aromatic nitrogens is 1. The minimum Gasteiger partial charge on any atom is -0.481 e. The van der Waals surface area contributed by atoms with E-state index in [1.165, 1.54) is 11.3 Å². The molecule has 2 aromatic heterocycles. The van der Waals surface area contributed by atoms with Gasteiger partial charge in [0.2, 0.25) is 0 Å². The summed E-state index contributed by atoms with van der Waals surface area (Å²) in [5.41, 5.74) is 0.338. The number of likely N-dealkylation sites (tertiary alicyclic amines) is 1. The number of hydrogen-bond donors (Lipinski definition) is 1. The summed E-state index contributed by atoms with van der Waals surface area (Å²) < 4.78 is 5.25. The van der Waals surface area contributed by atoms with Crippen molar-refractivity contribution in [3.05, 3.63) is 29.5 Å². The summed E-state index contributed by atoms with van der Waals surface area (Å²) in [6, 6.07) is 3.54. The van der Waals surface area contributed by atoms with Gasteiger partial charge in [-0.15, -0.1) is 11.3 Å². The van der Waals surface area contributed by atoms with Gasteiger partial charge in [-0.25, -0.2) is 4.98 Å². The van der Waals surface area contributed by atoms with Gasteiger partial charge in [0.25, 0.3) is 5.91 Å². The van der Waals surface area contributed by atoms with Gasteiger partial charge in [0, 0.05) is 18.5 Å². The third kappa shape index (κ3) is 2.56. The van der Waals surface area contributed by atoms with E-state index in [2.05, 4.69) is 4.98 Å². The molecule has 2 aromatic rings. The van der Waals surface area contributed by atoms with E-state index < -0.39 is 11.9 Å². The van der Waals surface area contributed by atoms with Gasteiger partial charge in [0.1, 0.15) is 5.69 Å². The van der Waals surface area contributed by atoms with Crippen LogP contribution in [0, 0.1) is 11.8 Å². The molecule has 3 heterocycles. The number of carboxylic acids is 1. The maximum atomic E-state index is 12.4. The van der Waals surface area contributed by atoms with Crippen LogP contribution < -0.4 is 0 Å². The summed E-state index contributed by atoms with van der Waals surface area (Å²) in [5.74, 6) is -1.00. The molecule has 0 spiro atoms. The molecule has 1 aliphatic rings. The largest absolute Gasteiger partial charge is 0.481 e. The van der Waals surface area contributed by atoms with Crippen LogP contribution in [0.4, 0.5) is 0 Å². The zero-order chi connectivity index (χ0) is 15.0. The fraction of sp³-hybridized carbons (Fsp3) is 0.357. The van der Waals surface area contributed by atoms with Gasteiger partial charge in [-0.1, -0.05) is 6.92 Å². The Morgan fingerprint density at radius 1 is 1.48 bits per heavy atom. The minimum absolute atomic E-state index is 0.0466. The molecule has 1 aliphatic heterocycles. The summed E-state index contributed by atoms with van der Waals surface area (Å²) >= 11 is 1.33. The van der Waals surface area contributed by atoms with E-state index in [-0.39, 0.29) is 18.4 Å². The number of amides is 1. The lowest BCUT2D eigenvalue weighted by Crippen LogP contribution is -2.30. The molecule has 1 amide bonds. The second-order valence-electron chi connectivity index (χ2n) is 5.15. The van der Waals surface area contributed by atoms with Crippen molar-refractivity contribution < 1.29 is 19.1 Å². The number of carbonyl (C=O) groups is 2. The molecule has 0 aliphatic carbocycles. The van der Waals surface area contributed by atoms with Crippen LogP contribution in [-0.4, -0.2) is 40.0 Å². The lowest BCUT2D eigenvalue weighted by atomic mass is 9.99. The van der Waals surface area contributed by atoms with Crippen LogP contribution in [0.25, 0.3) is 10.8 Å². The average Bonchev–Trinajstić information content (AvgIpc) is 3.17. The van der Waals surface area contributed by atoms with Crippen molar-refractivity contribution in [2.45, 2.75) is 6.92 Å². The molecule has 7 heteroatoms. The number of carboxylic acid groups (broad SMARTS) is 1. The first kappa shape index (κ1) is 13.8. The molecule has 1 fully saturated rings. The normalized spacial score (nSPS) is 21.7. The fourth-order valence-corrected chi connectivity index (χ4v) is 3.26. The Bertz CT molecular complexity index is 664. The Balaban J connectivity index is 1.76. The molecule has 6 nitrogen and oxygen atoms in total. The maximum absolute atomic E-state index is 12.4. The second-order valence-corrected chi connectivity index (χ2v) is 6.01.